The molecule has 1 aromatic rings. The zero-order valence-corrected chi connectivity index (χ0v) is 11.8. The van der Waals surface area contributed by atoms with E-state index in [0.717, 1.165) is 11.3 Å². The monoisotopic (exact) mass is 276 g/mol. The van der Waals surface area contributed by atoms with Crippen LogP contribution in [-0.4, -0.2) is 21.3 Å². The molecule has 0 aliphatic carbocycles. The largest absolute Gasteiger partial charge is 0.496 e. The van der Waals surface area contributed by atoms with Crippen LogP contribution in [0.1, 0.15) is 30.9 Å². The minimum absolute atomic E-state index is 0.0774. The van der Waals surface area contributed by atoms with Crippen molar-refractivity contribution in [2.45, 2.75) is 26.2 Å². The third-order valence-corrected chi connectivity index (χ3v) is 3.75. The van der Waals surface area contributed by atoms with Crippen LogP contribution in [0.3, 0.4) is 0 Å². The third kappa shape index (κ3) is 4.56. The van der Waals surface area contributed by atoms with Gasteiger partial charge in [0, 0.05) is 10.7 Å². The molecule has 96 valence electrons. The molecule has 0 unspecified atom stereocenters. The van der Waals surface area contributed by atoms with Gasteiger partial charge >= 0.3 is 0 Å². The summed E-state index contributed by atoms with van der Waals surface area (Å²) in [7, 11) is 3.32. The minimum Gasteiger partial charge on any atom is -0.496 e. The van der Waals surface area contributed by atoms with Gasteiger partial charge in [-0.3, -0.25) is 0 Å². The molecule has 0 aliphatic rings. The summed E-state index contributed by atoms with van der Waals surface area (Å²) in [5.74, 6) is 1.05. The van der Waals surface area contributed by atoms with E-state index in [1.54, 1.807) is 7.11 Å². The predicted molar refractivity (Wildman–Crippen MR) is 70.4 cm³/mol. The first kappa shape index (κ1) is 14.3. The van der Waals surface area contributed by atoms with Crippen LogP contribution in [0.5, 0.6) is 5.75 Å². The van der Waals surface area contributed by atoms with Crippen molar-refractivity contribution in [2.24, 2.45) is 0 Å². The number of methoxy groups -OCH3 is 1. The van der Waals surface area contributed by atoms with Crippen molar-refractivity contribution >= 4 is 19.7 Å². The standard InChI is InChI=1S/C12H17ClO3S/c1-9(2)11-5-4-10(12(8-11)16-3)6-7-17(13,14)15/h4-5,8-9H,6-7H2,1-3H3. The highest BCUT2D eigenvalue weighted by Crippen LogP contribution is 2.25. The molecule has 0 aliphatic heterocycles. The van der Waals surface area contributed by atoms with Gasteiger partial charge in [0.05, 0.1) is 12.9 Å². The topological polar surface area (TPSA) is 43.4 Å². The van der Waals surface area contributed by atoms with Gasteiger partial charge in [-0.2, -0.15) is 0 Å². The Morgan fingerprint density at radius 2 is 2.00 bits per heavy atom. The highest BCUT2D eigenvalue weighted by atomic mass is 35.7. The normalized spacial score (nSPS) is 11.8. The van der Waals surface area contributed by atoms with Crippen molar-refractivity contribution in [3.63, 3.8) is 0 Å². The lowest BCUT2D eigenvalue weighted by molar-refractivity contribution is 0.409. The Morgan fingerprint density at radius 3 is 2.47 bits per heavy atom. The Morgan fingerprint density at radius 1 is 1.35 bits per heavy atom. The zero-order chi connectivity index (χ0) is 13.1. The number of halogens is 1. The van der Waals surface area contributed by atoms with E-state index in [1.807, 2.05) is 18.2 Å². The summed E-state index contributed by atoms with van der Waals surface area (Å²) in [6.07, 6.45) is 0.368. The summed E-state index contributed by atoms with van der Waals surface area (Å²) in [5.41, 5.74) is 2.03. The van der Waals surface area contributed by atoms with E-state index in [2.05, 4.69) is 13.8 Å². The van der Waals surface area contributed by atoms with Gasteiger partial charge in [0.15, 0.2) is 0 Å². The van der Waals surface area contributed by atoms with Crippen LogP contribution in [0.25, 0.3) is 0 Å². The lowest BCUT2D eigenvalue weighted by atomic mass is 10.00. The molecule has 0 radical (unpaired) electrons. The second-order valence-electron chi connectivity index (χ2n) is 4.22. The molecule has 17 heavy (non-hydrogen) atoms. The Kier molecular flexibility index (Phi) is 4.83. The molecule has 0 heterocycles. The predicted octanol–water partition coefficient (Wildman–Crippen LogP) is 2.93. The van der Waals surface area contributed by atoms with Gasteiger partial charge in [-0.25, -0.2) is 8.42 Å². The van der Waals surface area contributed by atoms with Gasteiger partial charge in [-0.05, 0) is 29.5 Å². The van der Waals surface area contributed by atoms with Crippen molar-refractivity contribution in [3.05, 3.63) is 29.3 Å². The maximum absolute atomic E-state index is 10.9. The van der Waals surface area contributed by atoms with Crippen molar-refractivity contribution in [3.8, 4) is 5.75 Å². The maximum atomic E-state index is 10.9. The number of rotatable bonds is 5. The summed E-state index contributed by atoms with van der Waals surface area (Å²) < 4.78 is 27.1. The van der Waals surface area contributed by atoms with Crippen molar-refractivity contribution < 1.29 is 13.2 Å². The summed E-state index contributed by atoms with van der Waals surface area (Å²) in [5, 5.41) is 0. The number of hydrogen-bond donors (Lipinski definition) is 0. The molecular weight excluding hydrogens is 260 g/mol. The molecule has 0 atom stereocenters. The van der Waals surface area contributed by atoms with E-state index in [9.17, 15) is 8.42 Å². The Hall–Kier alpha value is -0.740. The molecule has 0 N–H and O–H groups in total. The molecule has 0 saturated heterocycles. The highest BCUT2D eigenvalue weighted by molar-refractivity contribution is 8.13. The van der Waals surface area contributed by atoms with Gasteiger partial charge in [-0.1, -0.05) is 26.0 Å². The molecule has 5 heteroatoms. The lowest BCUT2D eigenvalue weighted by Crippen LogP contribution is -2.03. The van der Waals surface area contributed by atoms with Crippen LogP contribution >= 0.6 is 10.7 Å². The zero-order valence-electron chi connectivity index (χ0n) is 10.2. The average molecular weight is 277 g/mol. The van der Waals surface area contributed by atoms with E-state index in [1.165, 1.54) is 5.56 Å². The van der Waals surface area contributed by atoms with E-state index < -0.39 is 9.05 Å². The fourth-order valence-electron chi connectivity index (χ4n) is 1.56. The van der Waals surface area contributed by atoms with Crippen LogP contribution in [0.4, 0.5) is 0 Å². The van der Waals surface area contributed by atoms with Crippen LogP contribution in [-0.2, 0) is 15.5 Å². The Labute approximate surface area is 107 Å². The minimum atomic E-state index is -3.46. The maximum Gasteiger partial charge on any atom is 0.232 e. The molecule has 1 rings (SSSR count). The Bertz CT molecular complexity index is 481. The quantitative estimate of drug-likeness (QED) is 0.777. The molecule has 0 fully saturated rings. The number of ether oxygens (including phenoxy) is 1. The van der Waals surface area contributed by atoms with Crippen LogP contribution in [0.15, 0.2) is 18.2 Å². The van der Waals surface area contributed by atoms with Crippen LogP contribution in [0.2, 0.25) is 0 Å². The number of aryl methyl sites for hydroxylation is 1. The van der Waals surface area contributed by atoms with E-state index >= 15 is 0 Å². The fraction of sp³-hybridized carbons (Fsp3) is 0.500. The number of benzene rings is 1. The molecule has 3 nitrogen and oxygen atoms in total. The highest BCUT2D eigenvalue weighted by Gasteiger charge is 2.11. The van der Waals surface area contributed by atoms with Gasteiger partial charge in [0.1, 0.15) is 5.75 Å². The van der Waals surface area contributed by atoms with Gasteiger partial charge in [-0.15, -0.1) is 0 Å². The molecule has 0 amide bonds. The smallest absolute Gasteiger partial charge is 0.232 e. The lowest BCUT2D eigenvalue weighted by Gasteiger charge is -2.12. The van der Waals surface area contributed by atoms with Gasteiger partial charge in [0.25, 0.3) is 0 Å². The molecule has 0 saturated carbocycles. The van der Waals surface area contributed by atoms with Gasteiger partial charge < -0.3 is 4.74 Å². The first-order valence-corrected chi connectivity index (χ1v) is 7.90. The molecule has 0 aromatic heterocycles. The number of hydrogen-bond acceptors (Lipinski definition) is 3. The van der Waals surface area contributed by atoms with E-state index in [4.69, 9.17) is 15.4 Å². The molecule has 0 bridgehead atoms. The second-order valence-corrected chi connectivity index (χ2v) is 7.12. The third-order valence-electron chi connectivity index (χ3n) is 2.59. The van der Waals surface area contributed by atoms with Crippen LogP contribution in [0, 0.1) is 0 Å². The fourth-order valence-corrected chi connectivity index (χ4v) is 2.25. The van der Waals surface area contributed by atoms with E-state index in [0.29, 0.717) is 12.3 Å². The second kappa shape index (κ2) is 5.74. The van der Waals surface area contributed by atoms with Crippen molar-refractivity contribution in [1.29, 1.82) is 0 Å². The van der Waals surface area contributed by atoms with Crippen molar-refractivity contribution in [1.82, 2.24) is 0 Å². The summed E-state index contributed by atoms with van der Waals surface area (Å²) in [6, 6.07) is 5.83. The molecule has 1 aromatic carbocycles. The molecule has 0 spiro atoms. The van der Waals surface area contributed by atoms with E-state index in [-0.39, 0.29) is 5.75 Å². The molecular formula is C12H17ClO3S. The van der Waals surface area contributed by atoms with Crippen LogP contribution < -0.4 is 4.74 Å². The first-order chi connectivity index (χ1) is 7.83. The summed E-state index contributed by atoms with van der Waals surface area (Å²) in [4.78, 5) is 0. The summed E-state index contributed by atoms with van der Waals surface area (Å²) >= 11 is 0. The summed E-state index contributed by atoms with van der Waals surface area (Å²) in [6.45, 7) is 4.19. The average Bonchev–Trinajstić information content (AvgIpc) is 2.24. The Balaban J connectivity index is 2.93. The SMILES string of the molecule is COc1cc(C(C)C)ccc1CCS(=O)(=O)Cl. The first-order valence-electron chi connectivity index (χ1n) is 5.42. The van der Waals surface area contributed by atoms with Crippen molar-refractivity contribution in [2.75, 3.05) is 12.9 Å². The van der Waals surface area contributed by atoms with Gasteiger partial charge in [0.2, 0.25) is 9.05 Å².